The van der Waals surface area contributed by atoms with E-state index in [-0.39, 0.29) is 0 Å². The molecular weight excluding hydrogens is 110 g/mol. The molecule has 1 rings (SSSR count). The molecular formula is C8H11N. The highest BCUT2D eigenvalue weighted by Crippen LogP contribution is 1.99. The summed E-state index contributed by atoms with van der Waals surface area (Å²) in [6.07, 6.45) is 9.25. The van der Waals surface area contributed by atoms with E-state index in [0.717, 1.165) is 13.0 Å². The lowest BCUT2D eigenvalue weighted by Gasteiger charge is -1.88. The first-order valence-corrected chi connectivity index (χ1v) is 3.29. The van der Waals surface area contributed by atoms with Gasteiger partial charge in [-0.05, 0) is 12.0 Å². The van der Waals surface area contributed by atoms with Gasteiger partial charge in [0.1, 0.15) is 0 Å². The zero-order chi connectivity index (χ0) is 6.53. The fourth-order valence-corrected chi connectivity index (χ4v) is 0.735. The van der Waals surface area contributed by atoms with Crippen LogP contribution in [0.15, 0.2) is 28.8 Å². The third kappa shape index (κ3) is 1.84. The van der Waals surface area contributed by atoms with Gasteiger partial charge >= 0.3 is 0 Å². The normalized spacial score (nSPS) is 17.2. The summed E-state index contributed by atoms with van der Waals surface area (Å²) in [5, 5.41) is 0. The molecule has 0 atom stereocenters. The minimum absolute atomic E-state index is 0.833. The Labute approximate surface area is 55.8 Å². The van der Waals surface area contributed by atoms with E-state index in [1.807, 2.05) is 6.21 Å². The van der Waals surface area contributed by atoms with Crippen LogP contribution < -0.4 is 0 Å². The predicted molar refractivity (Wildman–Crippen MR) is 40.9 cm³/mol. The average molecular weight is 121 g/mol. The van der Waals surface area contributed by atoms with Crippen molar-refractivity contribution in [1.82, 2.24) is 0 Å². The van der Waals surface area contributed by atoms with Gasteiger partial charge in [-0.15, -0.1) is 0 Å². The van der Waals surface area contributed by atoms with Crippen LogP contribution in [0.3, 0.4) is 0 Å². The summed E-state index contributed by atoms with van der Waals surface area (Å²) in [6.45, 7) is 2.97. The first-order chi connectivity index (χ1) is 4.43. The van der Waals surface area contributed by atoms with E-state index < -0.39 is 0 Å². The average Bonchev–Trinajstić information content (AvgIpc) is 2.13. The van der Waals surface area contributed by atoms with Crippen molar-refractivity contribution >= 4 is 6.21 Å². The summed E-state index contributed by atoms with van der Waals surface area (Å²) in [5.74, 6) is 0. The molecule has 48 valence electrons. The number of hydrogen-bond donors (Lipinski definition) is 0. The Morgan fingerprint density at radius 2 is 2.56 bits per heavy atom. The lowest BCUT2D eigenvalue weighted by molar-refractivity contribution is 1.17. The van der Waals surface area contributed by atoms with Gasteiger partial charge < -0.3 is 0 Å². The molecule has 1 heterocycles. The first-order valence-electron chi connectivity index (χ1n) is 3.29. The van der Waals surface area contributed by atoms with Crippen molar-refractivity contribution in [2.24, 2.45) is 4.99 Å². The summed E-state index contributed by atoms with van der Waals surface area (Å²) in [5.41, 5.74) is 1.31. The third-order valence-corrected chi connectivity index (χ3v) is 1.32. The highest BCUT2D eigenvalue weighted by Gasteiger charge is 1.87. The first kappa shape index (κ1) is 6.27. The standard InChI is InChI=1S/C8H11N/c1-2-8-5-3-4-6-9-7-8/h3-5,7H,2,6H2,1H3. The quantitative estimate of drug-likeness (QED) is 0.503. The maximum atomic E-state index is 4.14. The maximum absolute atomic E-state index is 4.14. The van der Waals surface area contributed by atoms with Crippen LogP contribution in [0.4, 0.5) is 0 Å². The molecule has 0 aromatic rings. The Morgan fingerprint density at radius 1 is 1.67 bits per heavy atom. The fraction of sp³-hybridized carbons (Fsp3) is 0.375. The monoisotopic (exact) mass is 121 g/mol. The number of allylic oxidation sites excluding steroid dienone is 3. The van der Waals surface area contributed by atoms with Gasteiger partial charge in [0.25, 0.3) is 0 Å². The van der Waals surface area contributed by atoms with Gasteiger partial charge in [0.2, 0.25) is 0 Å². The maximum Gasteiger partial charge on any atom is 0.0573 e. The molecule has 0 unspecified atom stereocenters. The minimum atomic E-state index is 0.833. The van der Waals surface area contributed by atoms with Gasteiger partial charge in [-0.2, -0.15) is 0 Å². The van der Waals surface area contributed by atoms with Crippen LogP contribution >= 0.6 is 0 Å². The van der Waals surface area contributed by atoms with E-state index in [4.69, 9.17) is 0 Å². The third-order valence-electron chi connectivity index (χ3n) is 1.32. The largest absolute Gasteiger partial charge is 0.289 e. The highest BCUT2D eigenvalue weighted by atomic mass is 14.7. The zero-order valence-corrected chi connectivity index (χ0v) is 5.67. The molecule has 1 aliphatic heterocycles. The van der Waals surface area contributed by atoms with E-state index in [0.29, 0.717) is 0 Å². The van der Waals surface area contributed by atoms with Crippen LogP contribution in [0, 0.1) is 0 Å². The molecule has 0 saturated heterocycles. The molecule has 0 amide bonds. The van der Waals surface area contributed by atoms with Crippen molar-refractivity contribution in [3.8, 4) is 0 Å². The van der Waals surface area contributed by atoms with Crippen LogP contribution in [0.5, 0.6) is 0 Å². The summed E-state index contributed by atoms with van der Waals surface area (Å²) in [7, 11) is 0. The number of rotatable bonds is 1. The van der Waals surface area contributed by atoms with Crippen molar-refractivity contribution in [1.29, 1.82) is 0 Å². The lowest BCUT2D eigenvalue weighted by Crippen LogP contribution is -1.79. The zero-order valence-electron chi connectivity index (χ0n) is 5.67. The van der Waals surface area contributed by atoms with Crippen LogP contribution in [0.1, 0.15) is 13.3 Å². The predicted octanol–water partition coefficient (Wildman–Crippen LogP) is 1.96. The van der Waals surface area contributed by atoms with Gasteiger partial charge in [0, 0.05) is 6.21 Å². The van der Waals surface area contributed by atoms with Crippen LogP contribution in [0.25, 0.3) is 0 Å². The van der Waals surface area contributed by atoms with E-state index in [1.54, 1.807) is 0 Å². The Bertz CT molecular complexity index is 163. The highest BCUT2D eigenvalue weighted by molar-refractivity contribution is 5.79. The van der Waals surface area contributed by atoms with Crippen molar-refractivity contribution < 1.29 is 0 Å². The second-order valence-corrected chi connectivity index (χ2v) is 2.02. The van der Waals surface area contributed by atoms with Crippen molar-refractivity contribution in [2.45, 2.75) is 13.3 Å². The summed E-state index contributed by atoms with van der Waals surface area (Å²) in [6, 6.07) is 0. The molecule has 0 saturated carbocycles. The summed E-state index contributed by atoms with van der Waals surface area (Å²) < 4.78 is 0. The van der Waals surface area contributed by atoms with E-state index in [1.165, 1.54) is 5.57 Å². The van der Waals surface area contributed by atoms with Crippen molar-refractivity contribution in [3.63, 3.8) is 0 Å². The second-order valence-electron chi connectivity index (χ2n) is 2.02. The Hall–Kier alpha value is -0.850. The molecule has 0 aromatic carbocycles. The van der Waals surface area contributed by atoms with E-state index >= 15 is 0 Å². The van der Waals surface area contributed by atoms with E-state index in [2.05, 4.69) is 30.1 Å². The van der Waals surface area contributed by atoms with E-state index in [9.17, 15) is 0 Å². The van der Waals surface area contributed by atoms with Crippen LogP contribution in [0.2, 0.25) is 0 Å². The van der Waals surface area contributed by atoms with Crippen molar-refractivity contribution in [3.05, 3.63) is 23.8 Å². The van der Waals surface area contributed by atoms with Crippen LogP contribution in [-0.2, 0) is 0 Å². The molecule has 0 N–H and O–H groups in total. The molecule has 0 bridgehead atoms. The van der Waals surface area contributed by atoms with Crippen molar-refractivity contribution in [2.75, 3.05) is 6.54 Å². The lowest BCUT2D eigenvalue weighted by atomic mass is 10.2. The van der Waals surface area contributed by atoms with Gasteiger partial charge in [0.15, 0.2) is 0 Å². The molecule has 1 nitrogen and oxygen atoms in total. The molecule has 0 radical (unpaired) electrons. The van der Waals surface area contributed by atoms with Gasteiger partial charge in [0.05, 0.1) is 6.54 Å². The molecule has 0 aromatic heterocycles. The van der Waals surface area contributed by atoms with Crippen LogP contribution in [-0.4, -0.2) is 12.8 Å². The second kappa shape index (κ2) is 3.23. The summed E-state index contributed by atoms with van der Waals surface area (Å²) in [4.78, 5) is 4.14. The molecule has 0 fully saturated rings. The molecule has 9 heavy (non-hydrogen) atoms. The Kier molecular flexibility index (Phi) is 2.25. The van der Waals surface area contributed by atoms with Gasteiger partial charge in [-0.3, -0.25) is 4.99 Å². The van der Waals surface area contributed by atoms with Gasteiger partial charge in [-0.1, -0.05) is 25.2 Å². The molecule has 1 aliphatic rings. The Balaban J connectivity index is 2.67. The topological polar surface area (TPSA) is 12.4 Å². The molecule has 0 aliphatic carbocycles. The Morgan fingerprint density at radius 3 is 3.33 bits per heavy atom. The summed E-state index contributed by atoms with van der Waals surface area (Å²) >= 11 is 0. The molecule has 0 spiro atoms. The minimum Gasteiger partial charge on any atom is -0.289 e. The number of hydrogen-bond acceptors (Lipinski definition) is 1. The molecule has 1 heteroatoms. The smallest absolute Gasteiger partial charge is 0.0573 e. The SMILES string of the molecule is CCC1=CC=CCN=C1. The number of nitrogens with zero attached hydrogens (tertiary/aromatic N) is 1. The number of aliphatic imine (C=N–C) groups is 1. The van der Waals surface area contributed by atoms with Gasteiger partial charge in [-0.25, -0.2) is 0 Å². The fourth-order valence-electron chi connectivity index (χ4n) is 0.735.